The number of esters is 1. The van der Waals surface area contributed by atoms with Crippen LogP contribution in [0.15, 0.2) is 59.7 Å². The molecule has 0 saturated carbocycles. The van der Waals surface area contributed by atoms with E-state index in [1.54, 1.807) is 24.3 Å². The van der Waals surface area contributed by atoms with Gasteiger partial charge in [0.1, 0.15) is 17.9 Å². The maximum atomic E-state index is 13.0. The van der Waals surface area contributed by atoms with E-state index >= 15 is 0 Å². The van der Waals surface area contributed by atoms with Crippen LogP contribution in [-0.2, 0) is 25.7 Å². The number of imide groups is 1. The third-order valence-electron chi connectivity index (χ3n) is 4.70. The van der Waals surface area contributed by atoms with Gasteiger partial charge in [-0.15, -0.1) is 0 Å². The predicted molar refractivity (Wildman–Crippen MR) is 103 cm³/mol. The van der Waals surface area contributed by atoms with Crippen molar-refractivity contribution in [3.05, 3.63) is 65.2 Å². The molecule has 8 heteroatoms. The fourth-order valence-corrected chi connectivity index (χ4v) is 3.49. The smallest absolute Gasteiger partial charge is 0.354 e. The van der Waals surface area contributed by atoms with Crippen molar-refractivity contribution in [2.75, 3.05) is 4.90 Å². The predicted octanol–water partition coefficient (Wildman–Crippen LogP) is 2.43. The summed E-state index contributed by atoms with van der Waals surface area (Å²) in [5.74, 6) is -1.46. The molecule has 0 aliphatic carbocycles. The van der Waals surface area contributed by atoms with E-state index in [0.29, 0.717) is 10.7 Å². The Bertz CT molecular complexity index is 992. The molecule has 2 aliphatic heterocycles. The van der Waals surface area contributed by atoms with Crippen LogP contribution in [0, 0.1) is 0 Å². The van der Waals surface area contributed by atoms with Crippen molar-refractivity contribution in [1.82, 2.24) is 5.43 Å². The first-order valence-corrected chi connectivity index (χ1v) is 9.04. The average Bonchev–Trinajstić information content (AvgIpc) is 3.22. The summed E-state index contributed by atoms with van der Waals surface area (Å²) in [5, 5.41) is 4.40. The number of carbonyl (C=O) groups excluding carboxylic acids is 3. The number of halogens is 1. The standard InChI is InChI=1S/C20H16ClN3O4/c21-14-7-4-8-15(9-14)24-17(25)11-20(19(24)27)10-16(22-23-20)18(26)28-12-13-5-2-1-3-6-13/h1-9,23H,10-12H2/t20-/m1/s1. The Morgan fingerprint density at radius 1 is 1.14 bits per heavy atom. The quantitative estimate of drug-likeness (QED) is 0.632. The molecule has 0 unspecified atom stereocenters. The molecule has 7 nitrogen and oxygen atoms in total. The number of hydrogen-bond donors (Lipinski definition) is 1. The molecular formula is C20H16ClN3O4. The van der Waals surface area contributed by atoms with Gasteiger partial charge in [-0.1, -0.05) is 48.0 Å². The molecule has 2 aromatic carbocycles. The van der Waals surface area contributed by atoms with Crippen molar-refractivity contribution in [1.29, 1.82) is 0 Å². The molecule has 142 valence electrons. The molecule has 2 aromatic rings. The Labute approximate surface area is 165 Å². The van der Waals surface area contributed by atoms with E-state index in [1.807, 2.05) is 30.3 Å². The minimum Gasteiger partial charge on any atom is -0.456 e. The summed E-state index contributed by atoms with van der Waals surface area (Å²) in [7, 11) is 0. The van der Waals surface area contributed by atoms with Crippen molar-refractivity contribution in [3.63, 3.8) is 0 Å². The molecule has 1 N–H and O–H groups in total. The van der Waals surface area contributed by atoms with Gasteiger partial charge in [0.15, 0.2) is 0 Å². The van der Waals surface area contributed by atoms with Crippen LogP contribution in [0.1, 0.15) is 18.4 Å². The van der Waals surface area contributed by atoms with Crippen LogP contribution >= 0.6 is 11.6 Å². The lowest BCUT2D eigenvalue weighted by atomic mass is 9.93. The second kappa shape index (κ2) is 7.09. The van der Waals surface area contributed by atoms with Gasteiger partial charge in [0, 0.05) is 11.4 Å². The lowest BCUT2D eigenvalue weighted by Gasteiger charge is -2.21. The first-order valence-electron chi connectivity index (χ1n) is 8.66. The summed E-state index contributed by atoms with van der Waals surface area (Å²) in [6, 6.07) is 15.7. The Kier molecular flexibility index (Phi) is 4.60. The number of benzene rings is 2. The van der Waals surface area contributed by atoms with Gasteiger partial charge in [0.05, 0.1) is 12.1 Å². The second-order valence-corrected chi connectivity index (χ2v) is 7.12. The van der Waals surface area contributed by atoms with Gasteiger partial charge in [-0.2, -0.15) is 5.10 Å². The number of hydrogen-bond acceptors (Lipinski definition) is 6. The van der Waals surface area contributed by atoms with E-state index in [9.17, 15) is 14.4 Å². The Morgan fingerprint density at radius 3 is 2.68 bits per heavy atom. The van der Waals surface area contributed by atoms with Crippen molar-refractivity contribution in [3.8, 4) is 0 Å². The highest BCUT2D eigenvalue weighted by Gasteiger charge is 2.56. The van der Waals surface area contributed by atoms with E-state index in [1.165, 1.54) is 0 Å². The normalized spacial score (nSPS) is 21.0. The number of anilines is 1. The molecule has 2 aliphatic rings. The number of carbonyl (C=O) groups is 3. The van der Waals surface area contributed by atoms with Gasteiger partial charge in [-0.25, -0.2) is 9.69 Å². The van der Waals surface area contributed by atoms with Gasteiger partial charge in [0.25, 0.3) is 5.91 Å². The minimum atomic E-state index is -1.26. The number of nitrogens with one attached hydrogen (secondary N) is 1. The number of hydrazone groups is 1. The SMILES string of the molecule is O=C(OCc1ccccc1)C1=NN[C@@]2(CC(=O)N(c3cccc(Cl)c3)C2=O)C1. The van der Waals surface area contributed by atoms with Crippen molar-refractivity contribution < 1.29 is 19.1 Å². The van der Waals surface area contributed by atoms with E-state index in [-0.39, 0.29) is 31.1 Å². The average molecular weight is 398 g/mol. The molecule has 0 bridgehead atoms. The molecular weight excluding hydrogens is 382 g/mol. The maximum absolute atomic E-state index is 13.0. The number of rotatable bonds is 4. The van der Waals surface area contributed by atoms with E-state index in [4.69, 9.17) is 16.3 Å². The highest BCUT2D eigenvalue weighted by molar-refractivity contribution is 6.39. The topological polar surface area (TPSA) is 88.1 Å². The lowest BCUT2D eigenvalue weighted by Crippen LogP contribution is -2.47. The summed E-state index contributed by atoms with van der Waals surface area (Å²) >= 11 is 5.97. The van der Waals surface area contributed by atoms with Crippen LogP contribution in [0.3, 0.4) is 0 Å². The molecule has 2 amide bonds. The summed E-state index contributed by atoms with van der Waals surface area (Å²) in [6.07, 6.45) is -0.112. The van der Waals surface area contributed by atoms with Gasteiger partial charge in [-0.05, 0) is 23.8 Å². The molecule has 28 heavy (non-hydrogen) atoms. The van der Waals surface area contributed by atoms with E-state index < -0.39 is 17.4 Å². The molecule has 0 aromatic heterocycles. The Hall–Kier alpha value is -3.19. The summed E-state index contributed by atoms with van der Waals surface area (Å²) in [5.41, 5.74) is 2.76. The molecule has 2 heterocycles. The molecule has 4 rings (SSSR count). The van der Waals surface area contributed by atoms with Crippen molar-refractivity contribution >= 4 is 40.8 Å². The minimum absolute atomic E-state index is 0.0116. The highest BCUT2D eigenvalue weighted by atomic mass is 35.5. The zero-order valence-corrected chi connectivity index (χ0v) is 15.5. The van der Waals surface area contributed by atoms with Crippen LogP contribution in [-0.4, -0.2) is 29.0 Å². The summed E-state index contributed by atoms with van der Waals surface area (Å²) in [6.45, 7) is 0.104. The van der Waals surface area contributed by atoms with Crippen LogP contribution in [0.25, 0.3) is 0 Å². The van der Waals surface area contributed by atoms with Gasteiger partial charge < -0.3 is 4.74 Å². The van der Waals surface area contributed by atoms with E-state index in [0.717, 1.165) is 10.5 Å². The maximum Gasteiger partial charge on any atom is 0.354 e. The zero-order chi connectivity index (χ0) is 19.7. The fourth-order valence-electron chi connectivity index (χ4n) is 3.31. The number of amides is 2. The largest absolute Gasteiger partial charge is 0.456 e. The zero-order valence-electron chi connectivity index (χ0n) is 14.7. The Balaban J connectivity index is 1.45. The molecule has 1 fully saturated rings. The van der Waals surface area contributed by atoms with Gasteiger partial charge in [0.2, 0.25) is 5.91 Å². The van der Waals surface area contributed by atoms with Gasteiger partial charge in [-0.3, -0.25) is 15.0 Å². The first-order chi connectivity index (χ1) is 13.5. The third-order valence-corrected chi connectivity index (χ3v) is 4.94. The van der Waals surface area contributed by atoms with Gasteiger partial charge >= 0.3 is 5.97 Å². The van der Waals surface area contributed by atoms with Crippen LogP contribution in [0.4, 0.5) is 5.69 Å². The molecule has 1 spiro atoms. The van der Waals surface area contributed by atoms with E-state index in [2.05, 4.69) is 10.5 Å². The van der Waals surface area contributed by atoms with Crippen LogP contribution < -0.4 is 10.3 Å². The molecule has 1 saturated heterocycles. The van der Waals surface area contributed by atoms with Crippen LogP contribution in [0.2, 0.25) is 5.02 Å². The lowest BCUT2D eigenvalue weighted by molar-refractivity contribution is -0.136. The second-order valence-electron chi connectivity index (χ2n) is 6.68. The number of nitrogens with zero attached hydrogens (tertiary/aromatic N) is 2. The summed E-state index contributed by atoms with van der Waals surface area (Å²) < 4.78 is 5.27. The monoisotopic (exact) mass is 397 g/mol. The van der Waals surface area contributed by atoms with Crippen molar-refractivity contribution in [2.45, 2.75) is 25.0 Å². The first kappa shape index (κ1) is 18.2. The Morgan fingerprint density at radius 2 is 1.93 bits per heavy atom. The third kappa shape index (κ3) is 3.25. The highest BCUT2D eigenvalue weighted by Crippen LogP contribution is 2.35. The molecule has 0 radical (unpaired) electrons. The van der Waals surface area contributed by atoms with Crippen LogP contribution in [0.5, 0.6) is 0 Å². The fraction of sp³-hybridized carbons (Fsp3) is 0.200. The number of ether oxygens (including phenoxy) is 1. The summed E-state index contributed by atoms with van der Waals surface area (Å²) in [4.78, 5) is 38.9. The van der Waals surface area contributed by atoms with Crippen molar-refractivity contribution in [2.24, 2.45) is 5.10 Å². The molecule has 1 atom stereocenters.